The van der Waals surface area contributed by atoms with Crippen LogP contribution < -0.4 is 32.2 Å². The molecule has 0 radical (unpaired) electrons. The average molecular weight is 799 g/mol. The Kier molecular flexibility index (Phi) is 13.6. The summed E-state index contributed by atoms with van der Waals surface area (Å²) in [5.74, 6) is -3.68. The number of benzene rings is 2. The highest BCUT2D eigenvalue weighted by molar-refractivity contribution is 6.11. The van der Waals surface area contributed by atoms with Crippen LogP contribution in [0, 0.1) is 24.2 Å². The van der Waals surface area contributed by atoms with Crippen LogP contribution in [0.25, 0.3) is 17.2 Å². The van der Waals surface area contributed by atoms with Crippen LogP contribution in [0.15, 0.2) is 68.7 Å². The van der Waals surface area contributed by atoms with E-state index in [0.717, 1.165) is 12.8 Å². The third-order valence-electron chi connectivity index (χ3n) is 8.90. The van der Waals surface area contributed by atoms with Gasteiger partial charge < -0.3 is 44.1 Å². The largest absolute Gasteiger partial charge is 0.519 e. The van der Waals surface area contributed by atoms with Crippen LogP contribution in [-0.4, -0.2) is 67.2 Å². The fourth-order valence-corrected chi connectivity index (χ4v) is 5.30. The number of rotatable bonds is 16. The Labute approximate surface area is 331 Å². The number of nitrogens with one attached hydrogen (secondary N) is 4. The second-order valence-electron chi connectivity index (χ2n) is 13.4. The van der Waals surface area contributed by atoms with Gasteiger partial charge in [-0.15, -0.1) is 0 Å². The van der Waals surface area contributed by atoms with Crippen LogP contribution in [0.3, 0.4) is 0 Å². The topological polar surface area (TPSA) is 264 Å². The molecular weight excluding hydrogens is 756 g/mol. The minimum Gasteiger partial charge on any atom is -0.496 e. The molecule has 2 aromatic heterocycles. The summed E-state index contributed by atoms with van der Waals surface area (Å²) in [5, 5.41) is 16.1. The van der Waals surface area contributed by atoms with E-state index < -0.39 is 55.1 Å². The van der Waals surface area contributed by atoms with Gasteiger partial charge in [0.1, 0.15) is 23.3 Å². The highest BCUT2D eigenvalue weighted by Gasteiger charge is 2.27. The average Bonchev–Trinajstić information content (AvgIpc) is 3.99. The Morgan fingerprint density at radius 1 is 1.00 bits per heavy atom. The first-order chi connectivity index (χ1) is 27.7. The van der Waals surface area contributed by atoms with Crippen molar-refractivity contribution in [1.29, 1.82) is 5.41 Å². The van der Waals surface area contributed by atoms with Crippen LogP contribution in [0.1, 0.15) is 80.7 Å². The third-order valence-corrected chi connectivity index (χ3v) is 8.90. The molecule has 0 saturated heterocycles. The molecule has 1 saturated carbocycles. The first kappa shape index (κ1) is 42.1. The predicted octanol–water partition coefficient (Wildman–Crippen LogP) is 4.54. The van der Waals surface area contributed by atoms with Crippen molar-refractivity contribution in [3.8, 4) is 16.9 Å². The maximum absolute atomic E-state index is 14.0. The summed E-state index contributed by atoms with van der Waals surface area (Å²) in [7, 11) is 1.41. The number of esters is 2. The molecule has 0 spiro atoms. The van der Waals surface area contributed by atoms with Gasteiger partial charge in [0.2, 0.25) is 6.79 Å². The summed E-state index contributed by atoms with van der Waals surface area (Å²) < 4.78 is 30.4. The number of amides is 3. The second kappa shape index (κ2) is 18.7. The normalized spacial score (nSPS) is 12.5. The molecule has 0 bridgehead atoms. The lowest BCUT2D eigenvalue weighted by molar-refractivity contribution is -0.154. The molecule has 1 atom stereocenters. The van der Waals surface area contributed by atoms with Gasteiger partial charge in [0.05, 0.1) is 7.11 Å². The van der Waals surface area contributed by atoms with Gasteiger partial charge >= 0.3 is 23.9 Å². The Morgan fingerprint density at radius 2 is 1.72 bits per heavy atom. The number of ether oxygens (including phenoxy) is 4. The van der Waals surface area contributed by atoms with Crippen LogP contribution in [0.5, 0.6) is 5.75 Å². The zero-order chi connectivity index (χ0) is 42.1. The number of aromatic nitrogens is 1. The lowest BCUT2D eigenvalue weighted by Gasteiger charge is -2.18. The number of alkyl carbamates (subject to hydrolysis) is 1. The number of nitrogens with zero attached hydrogens (tertiary/aromatic N) is 1. The van der Waals surface area contributed by atoms with E-state index in [1.807, 2.05) is 0 Å². The molecule has 1 aliphatic carbocycles. The van der Waals surface area contributed by atoms with Crippen molar-refractivity contribution in [2.75, 3.05) is 25.8 Å². The van der Waals surface area contributed by atoms with E-state index in [1.54, 1.807) is 13.8 Å². The lowest BCUT2D eigenvalue weighted by atomic mass is 9.94. The van der Waals surface area contributed by atoms with Crippen LogP contribution in [0.2, 0.25) is 0 Å². The SMILES string of the molecule is C=Cc1cc(C(=O)Nc2ccc(C(=N)NC(=O)OCc3oc(=O)oc3C)cc2)c(-c2ccc(C(=O)NCC3CC3)nc2C(=O)OCOC(=O)C(N)C(C)C)cc1OC. The van der Waals surface area contributed by atoms with Crippen molar-refractivity contribution >= 4 is 47.4 Å². The maximum Gasteiger partial charge on any atom is 0.519 e. The molecular formula is C40H42N6O12. The quantitative estimate of drug-likeness (QED) is 0.0451. The van der Waals surface area contributed by atoms with E-state index in [1.165, 1.54) is 68.6 Å². The Balaban J connectivity index is 1.39. The number of carbonyl (C=O) groups is 5. The summed E-state index contributed by atoms with van der Waals surface area (Å²) in [6, 6.07) is 10.8. The summed E-state index contributed by atoms with van der Waals surface area (Å²) in [5.41, 5.74) is 6.66. The molecule has 2 aromatic carbocycles. The minimum atomic E-state index is -1.06. The summed E-state index contributed by atoms with van der Waals surface area (Å²) in [6.07, 6.45) is 2.48. The van der Waals surface area contributed by atoms with Gasteiger partial charge in [-0.25, -0.2) is 19.4 Å². The van der Waals surface area contributed by atoms with Gasteiger partial charge in [0, 0.05) is 40.0 Å². The smallest absolute Gasteiger partial charge is 0.496 e. The second-order valence-corrected chi connectivity index (χ2v) is 13.4. The number of methoxy groups -OCH3 is 1. The zero-order valence-electron chi connectivity index (χ0n) is 32.1. The molecule has 2 heterocycles. The Morgan fingerprint density at radius 3 is 2.34 bits per heavy atom. The van der Waals surface area contributed by atoms with Crippen LogP contribution in [-0.2, 0) is 25.6 Å². The number of aryl methyl sites for hydroxylation is 1. The van der Waals surface area contributed by atoms with Gasteiger partial charge in [-0.3, -0.25) is 25.1 Å². The van der Waals surface area contributed by atoms with Gasteiger partial charge in [-0.2, -0.15) is 0 Å². The number of carbonyl (C=O) groups excluding carboxylic acids is 5. The molecule has 18 nitrogen and oxygen atoms in total. The molecule has 1 aliphatic rings. The number of amidine groups is 1. The number of anilines is 1. The molecule has 1 unspecified atom stereocenters. The highest BCUT2D eigenvalue weighted by atomic mass is 16.7. The fraction of sp³-hybridized carbons (Fsp3) is 0.300. The van der Waals surface area contributed by atoms with E-state index in [4.69, 9.17) is 38.9 Å². The molecule has 5 rings (SSSR count). The number of pyridine rings is 1. The number of nitrogens with two attached hydrogens (primary N) is 1. The summed E-state index contributed by atoms with van der Waals surface area (Å²) >= 11 is 0. The summed E-state index contributed by atoms with van der Waals surface area (Å²) in [6.45, 7) is 7.98. The maximum atomic E-state index is 14.0. The third kappa shape index (κ3) is 10.6. The van der Waals surface area contributed by atoms with Crippen molar-refractivity contribution < 1.29 is 51.8 Å². The molecule has 304 valence electrons. The first-order valence-electron chi connectivity index (χ1n) is 18.0. The van der Waals surface area contributed by atoms with Crippen molar-refractivity contribution in [3.63, 3.8) is 0 Å². The van der Waals surface area contributed by atoms with Crippen molar-refractivity contribution in [2.24, 2.45) is 17.6 Å². The van der Waals surface area contributed by atoms with E-state index in [9.17, 15) is 28.8 Å². The Bertz CT molecular complexity index is 2290. The molecule has 0 aliphatic heterocycles. The fourth-order valence-electron chi connectivity index (χ4n) is 5.30. The van der Waals surface area contributed by atoms with Crippen molar-refractivity contribution in [2.45, 2.75) is 46.3 Å². The number of hydrogen-bond acceptors (Lipinski definition) is 15. The van der Waals surface area contributed by atoms with Crippen LogP contribution in [0.4, 0.5) is 10.5 Å². The van der Waals surface area contributed by atoms with Crippen molar-refractivity contribution in [3.05, 3.63) is 105 Å². The van der Waals surface area contributed by atoms with Gasteiger partial charge in [-0.05, 0) is 80.1 Å². The van der Waals surface area contributed by atoms with E-state index >= 15 is 0 Å². The Hall–Kier alpha value is -7.08. The zero-order valence-corrected chi connectivity index (χ0v) is 32.1. The van der Waals surface area contributed by atoms with Gasteiger partial charge in [0.15, 0.2) is 23.8 Å². The van der Waals surface area contributed by atoms with Crippen LogP contribution >= 0.6 is 0 Å². The predicted molar refractivity (Wildman–Crippen MR) is 207 cm³/mol. The van der Waals surface area contributed by atoms with Gasteiger partial charge in [-0.1, -0.05) is 26.5 Å². The number of hydrogen-bond donors (Lipinski definition) is 5. The molecule has 3 amide bonds. The summed E-state index contributed by atoms with van der Waals surface area (Å²) in [4.78, 5) is 80.9. The standard InChI is InChI=1S/C40H42N6O12/c1-6-23-15-28(35(47)44-25-11-9-24(10-12-25)34(42)46-39(51)54-18-31-21(4)57-40(52)58-31)27(16-30(23)53-5)26-13-14-29(36(48)43-17-22-7-8-22)45-33(26)38(50)56-19-55-37(49)32(41)20(2)3/h6,9-16,20,22,32H,1,7-8,17-19,41H2,2-5H3,(H,43,48)(H,44,47)(H2,42,46,51). The lowest BCUT2D eigenvalue weighted by Crippen LogP contribution is -2.37. The van der Waals surface area contributed by atoms with Crippen molar-refractivity contribution in [1.82, 2.24) is 15.6 Å². The highest BCUT2D eigenvalue weighted by Crippen LogP contribution is 2.35. The molecule has 1 fully saturated rings. The van der Waals surface area contributed by atoms with E-state index in [2.05, 4.69) is 27.5 Å². The first-order valence-corrected chi connectivity index (χ1v) is 18.0. The minimum absolute atomic E-state index is 0.0217. The van der Waals surface area contributed by atoms with E-state index in [-0.39, 0.29) is 56.9 Å². The molecule has 4 aromatic rings. The van der Waals surface area contributed by atoms with Gasteiger partial charge in [0.25, 0.3) is 11.8 Å². The molecule has 18 heteroatoms. The van der Waals surface area contributed by atoms with E-state index in [0.29, 0.717) is 29.5 Å². The molecule has 6 N–H and O–H groups in total. The monoisotopic (exact) mass is 798 g/mol. The molecule has 58 heavy (non-hydrogen) atoms.